The van der Waals surface area contributed by atoms with Crippen molar-refractivity contribution in [2.75, 3.05) is 19.4 Å². The molecule has 0 radical (unpaired) electrons. The van der Waals surface area contributed by atoms with Crippen LogP contribution in [-0.4, -0.2) is 47.2 Å². The Morgan fingerprint density at radius 3 is 2.62 bits per heavy atom. The van der Waals surface area contributed by atoms with Gasteiger partial charge in [0.1, 0.15) is 10.6 Å². The number of rotatable bonds is 7. The van der Waals surface area contributed by atoms with Crippen molar-refractivity contribution in [2.45, 2.75) is 65.1 Å². The van der Waals surface area contributed by atoms with Crippen LogP contribution in [0, 0.1) is 17.3 Å². The number of carbonyl (C=O) groups is 1. The summed E-state index contributed by atoms with van der Waals surface area (Å²) in [5.41, 5.74) is 1.54. The molecule has 0 aromatic carbocycles. The highest BCUT2D eigenvalue weighted by molar-refractivity contribution is 7.15. The minimum atomic E-state index is -0.912. The van der Waals surface area contributed by atoms with Gasteiger partial charge < -0.3 is 20.1 Å². The Hall–Kier alpha value is -2.56. The zero-order valence-corrected chi connectivity index (χ0v) is 20.4. The predicted octanol–water partition coefficient (Wildman–Crippen LogP) is 5.10. The number of aromatic nitrogens is 1. The Morgan fingerprint density at radius 2 is 2.00 bits per heavy atom. The molecule has 0 spiro atoms. The molecule has 2 N–H and O–H groups in total. The van der Waals surface area contributed by atoms with Gasteiger partial charge in [0.25, 0.3) is 0 Å². The molecule has 2 aromatic heterocycles. The first-order valence-electron chi connectivity index (χ1n) is 11.0. The molecule has 2 heterocycles. The summed E-state index contributed by atoms with van der Waals surface area (Å²) < 4.78 is 6.21. The molecular formula is C25H33N3O3S. The molecule has 32 heavy (non-hydrogen) atoms. The van der Waals surface area contributed by atoms with E-state index in [9.17, 15) is 9.90 Å². The fraction of sp³-hybridized carbons (Fsp3) is 0.520. The zero-order valence-electron chi connectivity index (χ0n) is 19.6. The molecule has 1 aliphatic rings. The van der Waals surface area contributed by atoms with E-state index < -0.39 is 5.97 Å². The lowest BCUT2D eigenvalue weighted by Gasteiger charge is -2.30. The maximum Gasteiger partial charge on any atom is 0.348 e. The van der Waals surface area contributed by atoms with E-state index in [0.717, 1.165) is 48.5 Å². The number of nitrogens with one attached hydrogen (secondary N) is 1. The molecule has 0 unspecified atom stereocenters. The molecule has 172 valence electrons. The lowest BCUT2D eigenvalue weighted by atomic mass is 9.92. The van der Waals surface area contributed by atoms with Gasteiger partial charge in [-0.05, 0) is 72.7 Å². The molecule has 3 rings (SSSR count). The average molecular weight is 456 g/mol. The Labute approximate surface area is 195 Å². The van der Waals surface area contributed by atoms with Crippen LogP contribution in [0.4, 0.5) is 5.69 Å². The van der Waals surface area contributed by atoms with Crippen LogP contribution in [0.25, 0.3) is 0 Å². The van der Waals surface area contributed by atoms with Gasteiger partial charge in [0.2, 0.25) is 0 Å². The van der Waals surface area contributed by atoms with Gasteiger partial charge in [0.15, 0.2) is 0 Å². The van der Waals surface area contributed by atoms with Crippen LogP contribution < -0.4 is 10.1 Å². The fourth-order valence-electron chi connectivity index (χ4n) is 3.65. The van der Waals surface area contributed by atoms with Gasteiger partial charge in [0, 0.05) is 30.3 Å². The normalized spacial score (nSPS) is 18.7. The molecule has 0 aliphatic heterocycles. The predicted molar refractivity (Wildman–Crippen MR) is 130 cm³/mol. The van der Waals surface area contributed by atoms with Gasteiger partial charge in [-0.3, -0.25) is 4.98 Å². The summed E-state index contributed by atoms with van der Waals surface area (Å²) in [6.07, 6.45) is 5.66. The molecule has 2 aromatic rings. The van der Waals surface area contributed by atoms with Crippen molar-refractivity contribution < 1.29 is 14.6 Å². The van der Waals surface area contributed by atoms with Crippen LogP contribution >= 0.6 is 11.3 Å². The first kappa shape index (κ1) is 24.1. The van der Waals surface area contributed by atoms with Crippen LogP contribution in [-0.2, 0) is 6.54 Å². The number of aromatic carboxylic acids is 1. The zero-order chi connectivity index (χ0) is 23.3. The molecule has 6 nitrogen and oxygen atoms in total. The molecule has 1 aliphatic carbocycles. The molecule has 1 saturated carbocycles. The Bertz CT molecular complexity index is 990. The van der Waals surface area contributed by atoms with Crippen molar-refractivity contribution in [1.29, 1.82) is 0 Å². The summed E-state index contributed by atoms with van der Waals surface area (Å²) in [5, 5.41) is 13.1. The summed E-state index contributed by atoms with van der Waals surface area (Å²) in [5.74, 6) is 6.26. The smallest absolute Gasteiger partial charge is 0.348 e. The van der Waals surface area contributed by atoms with E-state index in [2.05, 4.69) is 27.0 Å². The summed E-state index contributed by atoms with van der Waals surface area (Å²) >= 11 is 1.23. The Kier molecular flexibility index (Phi) is 7.81. The lowest BCUT2D eigenvalue weighted by Crippen LogP contribution is -2.31. The van der Waals surface area contributed by atoms with Crippen molar-refractivity contribution in [3.63, 3.8) is 0 Å². The number of ether oxygens (including phenoxy) is 1. The highest BCUT2D eigenvalue weighted by Crippen LogP contribution is 2.31. The van der Waals surface area contributed by atoms with Crippen molar-refractivity contribution in [1.82, 2.24) is 9.88 Å². The number of nitrogens with zero attached hydrogens (tertiary/aromatic N) is 2. The minimum Gasteiger partial charge on any atom is -0.490 e. The molecule has 7 heteroatoms. The monoisotopic (exact) mass is 455 g/mol. The third kappa shape index (κ3) is 7.25. The maximum atomic E-state index is 11.7. The Morgan fingerprint density at radius 1 is 1.28 bits per heavy atom. The van der Waals surface area contributed by atoms with Crippen molar-refractivity contribution in [3.8, 4) is 17.6 Å². The second-order valence-electron chi connectivity index (χ2n) is 9.62. The first-order chi connectivity index (χ1) is 15.1. The van der Waals surface area contributed by atoms with Gasteiger partial charge in [-0.1, -0.05) is 11.8 Å². The van der Waals surface area contributed by atoms with E-state index in [1.807, 2.05) is 53.1 Å². The quantitative estimate of drug-likeness (QED) is 0.566. The average Bonchev–Trinajstić information content (AvgIpc) is 3.10. The van der Waals surface area contributed by atoms with Crippen LogP contribution in [0.5, 0.6) is 5.75 Å². The van der Waals surface area contributed by atoms with Crippen molar-refractivity contribution in [2.24, 2.45) is 5.41 Å². The van der Waals surface area contributed by atoms with Gasteiger partial charge >= 0.3 is 5.97 Å². The molecule has 0 atom stereocenters. The number of thiophene rings is 1. The van der Waals surface area contributed by atoms with Gasteiger partial charge in [-0.25, -0.2) is 4.79 Å². The number of hydrogen-bond donors (Lipinski definition) is 2. The summed E-state index contributed by atoms with van der Waals surface area (Å²) in [6.45, 7) is 6.91. The van der Waals surface area contributed by atoms with Crippen molar-refractivity contribution >= 4 is 23.0 Å². The van der Waals surface area contributed by atoms with Crippen LogP contribution in [0.2, 0.25) is 0 Å². The number of anilines is 1. The van der Waals surface area contributed by atoms with E-state index in [-0.39, 0.29) is 17.6 Å². The van der Waals surface area contributed by atoms with Crippen molar-refractivity contribution in [3.05, 3.63) is 39.8 Å². The second kappa shape index (κ2) is 10.4. The molecular weight excluding hydrogens is 422 g/mol. The highest BCUT2D eigenvalue weighted by atomic mass is 32.1. The van der Waals surface area contributed by atoms with Crippen LogP contribution in [0.15, 0.2) is 24.4 Å². The Balaban J connectivity index is 1.58. The third-order valence-corrected chi connectivity index (χ3v) is 6.13. The van der Waals surface area contributed by atoms with E-state index in [4.69, 9.17) is 4.74 Å². The number of carboxylic acid groups (broad SMARTS) is 1. The molecule has 0 bridgehead atoms. The molecule has 0 amide bonds. The van der Waals surface area contributed by atoms with E-state index in [0.29, 0.717) is 10.6 Å². The fourth-order valence-corrected chi connectivity index (χ4v) is 4.46. The minimum absolute atomic E-state index is 0.124. The van der Waals surface area contributed by atoms with Gasteiger partial charge in [-0.2, -0.15) is 0 Å². The largest absolute Gasteiger partial charge is 0.490 e. The standard InChI is InChI=1S/C25H33N3O3S/c1-25(2,3)12-10-21-15-22(23(32-21)24(29)30)27-17-6-8-19(9-7-17)31-20-11-13-26-18(14-20)16-28(4)5/h11,13-15,17,19,27H,6-9,16H2,1-5H3,(H,29,30). The highest BCUT2D eigenvalue weighted by Gasteiger charge is 2.25. The van der Waals surface area contributed by atoms with E-state index in [1.54, 1.807) is 6.20 Å². The number of carboxylic acids is 1. The van der Waals surface area contributed by atoms with Crippen LogP contribution in [0.1, 0.15) is 66.7 Å². The second-order valence-corrected chi connectivity index (χ2v) is 10.7. The van der Waals surface area contributed by atoms with Gasteiger partial charge in [-0.15, -0.1) is 11.3 Å². The first-order valence-corrected chi connectivity index (χ1v) is 11.8. The topological polar surface area (TPSA) is 74.7 Å². The molecule has 0 saturated heterocycles. The van der Waals surface area contributed by atoms with Crippen LogP contribution in [0.3, 0.4) is 0 Å². The number of pyridine rings is 1. The van der Waals surface area contributed by atoms with E-state index in [1.165, 1.54) is 11.3 Å². The van der Waals surface area contributed by atoms with Gasteiger partial charge in [0.05, 0.1) is 22.4 Å². The maximum absolute atomic E-state index is 11.7. The third-order valence-electron chi connectivity index (χ3n) is 5.09. The molecule has 1 fully saturated rings. The summed E-state index contributed by atoms with van der Waals surface area (Å²) in [6, 6.07) is 6.02. The summed E-state index contributed by atoms with van der Waals surface area (Å²) in [4.78, 5) is 19.3. The van der Waals surface area contributed by atoms with E-state index >= 15 is 0 Å². The lowest BCUT2D eigenvalue weighted by molar-refractivity contribution is 0.0703. The summed E-state index contributed by atoms with van der Waals surface area (Å²) in [7, 11) is 4.04. The SMILES string of the molecule is CN(C)Cc1cc(OC2CCC(Nc3cc(C#CC(C)(C)C)sc3C(=O)O)CC2)ccn1. The number of hydrogen-bond acceptors (Lipinski definition) is 6.